The molecule has 0 aliphatic carbocycles. The zero-order valence-corrected chi connectivity index (χ0v) is 21.2. The Hall–Kier alpha value is -3.48. The van der Waals surface area contributed by atoms with Gasteiger partial charge in [0.05, 0.1) is 32.4 Å². The normalized spacial score (nSPS) is 17.1. The number of imidazole rings is 1. The number of likely N-dealkylation sites (tertiary alicyclic amines) is 1. The summed E-state index contributed by atoms with van der Waals surface area (Å²) < 4.78 is 18.1. The Morgan fingerprint density at radius 2 is 2.11 bits per heavy atom. The summed E-state index contributed by atoms with van der Waals surface area (Å²) >= 11 is 0. The van der Waals surface area contributed by atoms with Gasteiger partial charge in [-0.1, -0.05) is 25.5 Å². The number of unbranched alkanes of at least 4 members (excludes halogenated alkanes) is 1. The van der Waals surface area contributed by atoms with E-state index in [2.05, 4.69) is 32.1 Å². The number of morpholine rings is 1. The standard InChI is InChI=1S/C25H33N7O5/c1-3-4-8-36-23-29-20(26)19-21(30-23)32(24(34)28-19)12-17-6-5-16(10-18(17)22(33)35-2)11-31-14-25(15-31)13-27-7-9-37-25/h5-6,10,27H,3-4,7-9,11-15H2,1-2H3,(H,28,34)(H2,26,29,30). The Morgan fingerprint density at radius 1 is 1.27 bits per heavy atom. The van der Waals surface area contributed by atoms with Crippen LogP contribution in [0.1, 0.15) is 41.3 Å². The maximum Gasteiger partial charge on any atom is 0.338 e. The van der Waals surface area contributed by atoms with Gasteiger partial charge < -0.3 is 30.2 Å². The largest absolute Gasteiger partial charge is 0.465 e. The molecule has 0 unspecified atom stereocenters. The molecule has 12 nitrogen and oxygen atoms in total. The lowest BCUT2D eigenvalue weighted by Crippen LogP contribution is -2.69. The molecule has 0 amide bonds. The van der Waals surface area contributed by atoms with Crippen molar-refractivity contribution < 1.29 is 19.0 Å². The number of esters is 1. The summed E-state index contributed by atoms with van der Waals surface area (Å²) in [4.78, 5) is 39.1. The quantitative estimate of drug-likeness (QED) is 0.279. The van der Waals surface area contributed by atoms with E-state index < -0.39 is 11.7 Å². The summed E-state index contributed by atoms with van der Waals surface area (Å²) in [7, 11) is 1.34. The Morgan fingerprint density at radius 3 is 2.84 bits per heavy atom. The number of nitrogens with two attached hydrogens (primary N) is 1. The lowest BCUT2D eigenvalue weighted by Gasteiger charge is -2.51. The molecule has 5 rings (SSSR count). The predicted molar refractivity (Wildman–Crippen MR) is 137 cm³/mol. The lowest BCUT2D eigenvalue weighted by atomic mass is 9.91. The van der Waals surface area contributed by atoms with Gasteiger partial charge in [-0.15, -0.1) is 0 Å². The molecule has 3 aromatic rings. The maximum absolute atomic E-state index is 12.8. The lowest BCUT2D eigenvalue weighted by molar-refractivity contribution is -0.158. The van der Waals surface area contributed by atoms with Crippen LogP contribution in [0.25, 0.3) is 11.2 Å². The number of anilines is 1. The number of fused-ring (bicyclic) bond motifs is 1. The van der Waals surface area contributed by atoms with Gasteiger partial charge in [-0.2, -0.15) is 9.97 Å². The number of carbonyl (C=O) groups is 1. The molecule has 2 aliphatic rings. The number of ether oxygens (including phenoxy) is 3. The number of H-pyrrole nitrogens is 1. The van der Waals surface area contributed by atoms with E-state index in [0.29, 0.717) is 35.4 Å². The first-order valence-electron chi connectivity index (χ1n) is 12.6. The second-order valence-corrected chi connectivity index (χ2v) is 9.64. The van der Waals surface area contributed by atoms with Gasteiger partial charge in [0.2, 0.25) is 0 Å². The van der Waals surface area contributed by atoms with E-state index in [9.17, 15) is 9.59 Å². The van der Waals surface area contributed by atoms with Crippen LogP contribution in [0, 0.1) is 0 Å². The van der Waals surface area contributed by atoms with Crippen LogP contribution >= 0.6 is 0 Å². The first-order chi connectivity index (χ1) is 17.9. The van der Waals surface area contributed by atoms with E-state index in [1.807, 2.05) is 18.2 Å². The van der Waals surface area contributed by atoms with E-state index in [0.717, 1.165) is 51.2 Å². The van der Waals surface area contributed by atoms with Gasteiger partial charge in [0.25, 0.3) is 0 Å². The molecule has 12 heteroatoms. The van der Waals surface area contributed by atoms with Crippen LogP contribution in [0.2, 0.25) is 0 Å². The van der Waals surface area contributed by atoms with Crippen LogP contribution in [0.4, 0.5) is 5.82 Å². The van der Waals surface area contributed by atoms with E-state index in [-0.39, 0.29) is 24.0 Å². The van der Waals surface area contributed by atoms with Crippen LogP contribution in [0.5, 0.6) is 6.01 Å². The van der Waals surface area contributed by atoms with Gasteiger partial charge in [0.15, 0.2) is 11.5 Å². The fourth-order valence-corrected chi connectivity index (χ4v) is 4.93. The predicted octanol–water partition coefficient (Wildman–Crippen LogP) is 0.890. The fourth-order valence-electron chi connectivity index (χ4n) is 4.93. The Kier molecular flexibility index (Phi) is 7.13. The van der Waals surface area contributed by atoms with Gasteiger partial charge in [-0.3, -0.25) is 9.47 Å². The first-order valence-corrected chi connectivity index (χ1v) is 12.6. The highest BCUT2D eigenvalue weighted by Crippen LogP contribution is 2.28. The molecule has 2 fully saturated rings. The molecule has 0 radical (unpaired) electrons. The molecule has 4 heterocycles. The number of nitrogens with one attached hydrogen (secondary N) is 2. The minimum Gasteiger partial charge on any atom is -0.465 e. The monoisotopic (exact) mass is 511 g/mol. The van der Waals surface area contributed by atoms with E-state index >= 15 is 0 Å². The molecular weight excluding hydrogens is 478 g/mol. The molecule has 4 N–H and O–H groups in total. The van der Waals surface area contributed by atoms with Crippen molar-refractivity contribution in [3.05, 3.63) is 45.4 Å². The van der Waals surface area contributed by atoms with E-state index in [1.165, 1.54) is 11.7 Å². The SMILES string of the molecule is CCCCOc1nc(N)c2[nH]c(=O)n(Cc3ccc(CN4CC5(CNCCO5)C4)cc3C(=O)OC)c2n1. The first kappa shape index (κ1) is 25.2. The summed E-state index contributed by atoms with van der Waals surface area (Å²) in [6, 6.07) is 5.76. The van der Waals surface area contributed by atoms with E-state index in [4.69, 9.17) is 19.9 Å². The number of hydrogen-bond acceptors (Lipinski definition) is 10. The molecule has 0 atom stereocenters. The number of carbonyl (C=O) groups excluding carboxylic acids is 1. The smallest absolute Gasteiger partial charge is 0.338 e. The van der Waals surface area contributed by atoms with Crippen LogP contribution in [0.15, 0.2) is 23.0 Å². The van der Waals surface area contributed by atoms with Gasteiger partial charge in [-0.05, 0) is 23.6 Å². The van der Waals surface area contributed by atoms with Crippen molar-refractivity contribution in [2.24, 2.45) is 0 Å². The minimum absolute atomic E-state index is 0.0980. The van der Waals surface area contributed by atoms with Crippen LogP contribution < -0.4 is 21.5 Å². The second kappa shape index (κ2) is 10.5. The van der Waals surface area contributed by atoms with Crippen LogP contribution in [-0.2, 0) is 22.6 Å². The van der Waals surface area contributed by atoms with Crippen LogP contribution in [-0.4, -0.2) is 82.5 Å². The van der Waals surface area contributed by atoms with Gasteiger partial charge in [0, 0.05) is 32.7 Å². The number of benzene rings is 1. The number of methoxy groups -OCH3 is 1. The highest BCUT2D eigenvalue weighted by Gasteiger charge is 2.44. The summed E-state index contributed by atoms with van der Waals surface area (Å²) in [5.74, 6) is -0.345. The van der Waals surface area contributed by atoms with Crippen molar-refractivity contribution in [2.45, 2.75) is 38.5 Å². The Bertz CT molecular complexity index is 1340. The maximum atomic E-state index is 12.8. The zero-order chi connectivity index (χ0) is 26.0. The van der Waals surface area contributed by atoms with Gasteiger partial charge in [0.1, 0.15) is 11.1 Å². The molecule has 2 saturated heterocycles. The fraction of sp³-hybridized carbons (Fsp3) is 0.520. The molecule has 0 bridgehead atoms. The Labute approximate surface area is 214 Å². The molecule has 2 aliphatic heterocycles. The van der Waals surface area contributed by atoms with Gasteiger partial charge in [-0.25, -0.2) is 9.59 Å². The molecule has 1 spiro atoms. The third-order valence-electron chi connectivity index (χ3n) is 6.83. The topological polar surface area (TPSA) is 150 Å². The van der Waals surface area contributed by atoms with Crippen LogP contribution in [0.3, 0.4) is 0 Å². The second-order valence-electron chi connectivity index (χ2n) is 9.64. The molecule has 0 saturated carbocycles. The average Bonchev–Trinajstić information content (AvgIpc) is 3.19. The zero-order valence-electron chi connectivity index (χ0n) is 21.2. The van der Waals surface area contributed by atoms with Crippen molar-refractivity contribution in [3.63, 3.8) is 0 Å². The number of aromatic amines is 1. The minimum atomic E-state index is -0.470. The summed E-state index contributed by atoms with van der Waals surface area (Å²) in [6.07, 6.45) is 1.81. The molecule has 37 heavy (non-hydrogen) atoms. The molecule has 1 aromatic carbocycles. The third kappa shape index (κ3) is 5.17. The summed E-state index contributed by atoms with van der Waals surface area (Å²) in [6.45, 7) is 7.43. The molecular formula is C25H33N7O5. The Balaban J connectivity index is 1.39. The molecule has 2 aromatic heterocycles. The average molecular weight is 512 g/mol. The van der Waals surface area contributed by atoms with Crippen molar-refractivity contribution in [2.75, 3.05) is 52.2 Å². The number of aromatic nitrogens is 4. The van der Waals surface area contributed by atoms with Crippen molar-refractivity contribution >= 4 is 23.0 Å². The van der Waals surface area contributed by atoms with Crippen molar-refractivity contribution in [1.29, 1.82) is 0 Å². The number of nitrogens with zero attached hydrogens (tertiary/aromatic N) is 4. The summed E-state index contributed by atoms with van der Waals surface area (Å²) in [5.41, 5.74) is 8.20. The number of nitrogen functional groups attached to an aromatic ring is 1. The molecule has 198 valence electrons. The number of rotatable bonds is 9. The van der Waals surface area contributed by atoms with Crippen molar-refractivity contribution in [3.8, 4) is 6.01 Å². The highest BCUT2D eigenvalue weighted by atomic mass is 16.5. The van der Waals surface area contributed by atoms with E-state index in [1.54, 1.807) is 0 Å². The van der Waals surface area contributed by atoms with Crippen molar-refractivity contribution in [1.82, 2.24) is 29.7 Å². The van der Waals surface area contributed by atoms with Gasteiger partial charge >= 0.3 is 17.7 Å². The highest BCUT2D eigenvalue weighted by molar-refractivity contribution is 5.91. The third-order valence-corrected chi connectivity index (χ3v) is 6.83. The summed E-state index contributed by atoms with van der Waals surface area (Å²) in [5, 5.41) is 3.39. The number of hydrogen-bond donors (Lipinski definition) is 3.